The van der Waals surface area contributed by atoms with Gasteiger partial charge in [0.2, 0.25) is 5.91 Å². The molecule has 2 heterocycles. The highest BCUT2D eigenvalue weighted by Gasteiger charge is 2.32. The lowest BCUT2D eigenvalue weighted by molar-refractivity contribution is -0.274. The fraction of sp³-hybridized carbons (Fsp3) is 0.240. The largest absolute Gasteiger partial charge is 0.573 e. The van der Waals surface area contributed by atoms with Gasteiger partial charge in [0, 0.05) is 12.7 Å². The first-order chi connectivity index (χ1) is 17.7. The number of rotatable bonds is 7. The highest BCUT2D eigenvalue weighted by Crippen LogP contribution is 2.34. The summed E-state index contributed by atoms with van der Waals surface area (Å²) >= 11 is 0. The Kier molecular flexibility index (Phi) is 7.48. The van der Waals surface area contributed by atoms with Crippen LogP contribution in [0, 0.1) is 0 Å². The Bertz CT molecular complexity index is 1280. The highest BCUT2D eigenvalue weighted by molar-refractivity contribution is 6.08. The number of carbonyl (C=O) groups excluding carboxylic acids is 2. The summed E-state index contributed by atoms with van der Waals surface area (Å²) in [4.78, 5) is 31.5. The number of fused-ring (bicyclic) bond motifs is 1. The van der Waals surface area contributed by atoms with Gasteiger partial charge in [-0.3, -0.25) is 9.69 Å². The van der Waals surface area contributed by atoms with Gasteiger partial charge in [0.25, 0.3) is 0 Å². The maximum absolute atomic E-state index is 13.3. The van der Waals surface area contributed by atoms with E-state index in [-0.39, 0.29) is 19.0 Å². The number of alkyl halides is 3. The standard InChI is InChI=1S/C25H23F3N4O5/c1-35-14-20(15-7-9-16(10-8-15)37-25(26,27)28)31-24(34)32-13-22(33)29-19-12-11-18(30-23(19)32)17-5-3-4-6-21(17)36-2/h3-12,20H,13-14H2,1-2H3,(H,29,33)(H,31,34). The van der Waals surface area contributed by atoms with Gasteiger partial charge in [0.1, 0.15) is 18.0 Å². The second-order valence-corrected chi connectivity index (χ2v) is 7.98. The van der Waals surface area contributed by atoms with E-state index in [1.165, 1.54) is 31.3 Å². The molecule has 0 saturated carbocycles. The Morgan fingerprint density at radius 1 is 1.11 bits per heavy atom. The first-order valence-corrected chi connectivity index (χ1v) is 11.1. The molecule has 1 aromatic heterocycles. The molecule has 0 fully saturated rings. The van der Waals surface area contributed by atoms with Crippen LogP contribution in [0.25, 0.3) is 11.3 Å². The van der Waals surface area contributed by atoms with Crippen LogP contribution in [0.4, 0.5) is 29.5 Å². The normalized spacial score (nSPS) is 13.9. The van der Waals surface area contributed by atoms with Crippen molar-refractivity contribution in [1.29, 1.82) is 0 Å². The zero-order chi connectivity index (χ0) is 26.6. The summed E-state index contributed by atoms with van der Waals surface area (Å²) < 4.78 is 51.9. The molecular weight excluding hydrogens is 493 g/mol. The molecule has 1 unspecified atom stereocenters. The summed E-state index contributed by atoms with van der Waals surface area (Å²) in [5, 5.41) is 5.47. The van der Waals surface area contributed by atoms with E-state index in [1.54, 1.807) is 18.2 Å². The molecule has 2 N–H and O–H groups in total. The maximum atomic E-state index is 13.3. The first-order valence-electron chi connectivity index (χ1n) is 11.1. The van der Waals surface area contributed by atoms with Crippen molar-refractivity contribution < 1.29 is 37.0 Å². The molecule has 0 spiro atoms. The van der Waals surface area contributed by atoms with Gasteiger partial charge in [0.05, 0.1) is 31.1 Å². The number of amides is 3. The summed E-state index contributed by atoms with van der Waals surface area (Å²) in [6, 6.07) is 14.3. The zero-order valence-electron chi connectivity index (χ0n) is 19.8. The molecule has 1 aliphatic rings. The van der Waals surface area contributed by atoms with Gasteiger partial charge in [-0.15, -0.1) is 13.2 Å². The molecule has 12 heteroatoms. The third-order valence-corrected chi connectivity index (χ3v) is 5.48. The van der Waals surface area contributed by atoms with Crippen LogP contribution in [0.1, 0.15) is 11.6 Å². The van der Waals surface area contributed by atoms with E-state index >= 15 is 0 Å². The van der Waals surface area contributed by atoms with Crippen molar-refractivity contribution in [2.45, 2.75) is 12.4 Å². The predicted octanol–water partition coefficient (Wildman–Crippen LogP) is 4.51. The van der Waals surface area contributed by atoms with E-state index in [0.29, 0.717) is 28.3 Å². The van der Waals surface area contributed by atoms with Gasteiger partial charge in [-0.1, -0.05) is 24.3 Å². The number of nitrogens with one attached hydrogen (secondary N) is 2. The van der Waals surface area contributed by atoms with Crippen molar-refractivity contribution in [2.24, 2.45) is 0 Å². The number of para-hydroxylation sites is 1. The minimum absolute atomic E-state index is 0.0206. The third-order valence-electron chi connectivity index (χ3n) is 5.48. The topological polar surface area (TPSA) is 102 Å². The molecule has 4 rings (SSSR count). The lowest BCUT2D eigenvalue weighted by atomic mass is 10.1. The predicted molar refractivity (Wildman–Crippen MR) is 128 cm³/mol. The molecule has 37 heavy (non-hydrogen) atoms. The number of benzene rings is 2. The highest BCUT2D eigenvalue weighted by atomic mass is 19.4. The van der Waals surface area contributed by atoms with Crippen LogP contribution >= 0.6 is 0 Å². The van der Waals surface area contributed by atoms with Crippen LogP contribution in [-0.2, 0) is 9.53 Å². The maximum Gasteiger partial charge on any atom is 0.573 e. The van der Waals surface area contributed by atoms with Crippen LogP contribution in [-0.4, -0.2) is 50.7 Å². The van der Waals surface area contributed by atoms with Gasteiger partial charge < -0.3 is 24.8 Å². The number of urea groups is 1. The Hall–Kier alpha value is -4.32. The van der Waals surface area contributed by atoms with E-state index < -0.39 is 30.1 Å². The molecule has 0 bridgehead atoms. The van der Waals surface area contributed by atoms with Crippen LogP contribution in [0.3, 0.4) is 0 Å². The van der Waals surface area contributed by atoms with Gasteiger partial charge in [-0.25, -0.2) is 9.78 Å². The number of ether oxygens (including phenoxy) is 3. The van der Waals surface area contributed by atoms with Crippen molar-refractivity contribution in [3.63, 3.8) is 0 Å². The quantitative estimate of drug-likeness (QED) is 0.479. The molecule has 3 aromatic rings. The molecule has 1 aliphatic heterocycles. The van der Waals surface area contributed by atoms with Crippen LogP contribution in [0.2, 0.25) is 0 Å². The minimum atomic E-state index is -4.82. The number of hydrogen-bond donors (Lipinski definition) is 2. The lowest BCUT2D eigenvalue weighted by Crippen LogP contribution is -2.49. The summed E-state index contributed by atoms with van der Waals surface area (Å²) in [6.07, 6.45) is -4.82. The molecule has 0 radical (unpaired) electrons. The van der Waals surface area contributed by atoms with Crippen molar-refractivity contribution in [1.82, 2.24) is 10.3 Å². The van der Waals surface area contributed by atoms with Gasteiger partial charge in [0.15, 0.2) is 5.82 Å². The number of hydrogen-bond acceptors (Lipinski definition) is 6. The first kappa shape index (κ1) is 25.8. The number of methoxy groups -OCH3 is 2. The molecule has 0 saturated heterocycles. The Labute approximate surface area is 210 Å². The second kappa shape index (κ2) is 10.7. The molecule has 3 amide bonds. The average Bonchev–Trinajstić information content (AvgIpc) is 2.87. The molecular formula is C25H23F3N4O5. The van der Waals surface area contributed by atoms with Crippen LogP contribution < -0.4 is 25.0 Å². The van der Waals surface area contributed by atoms with Crippen molar-refractivity contribution >= 4 is 23.4 Å². The number of anilines is 2. The van der Waals surface area contributed by atoms with Crippen LogP contribution in [0.15, 0.2) is 60.7 Å². The Morgan fingerprint density at radius 3 is 2.51 bits per heavy atom. The number of pyridine rings is 1. The van der Waals surface area contributed by atoms with E-state index in [0.717, 1.165) is 12.1 Å². The van der Waals surface area contributed by atoms with E-state index in [2.05, 4.69) is 20.4 Å². The SMILES string of the molecule is COCC(NC(=O)N1CC(=O)Nc2ccc(-c3ccccc3OC)nc21)c1ccc(OC(F)(F)F)cc1. The zero-order valence-corrected chi connectivity index (χ0v) is 19.8. The van der Waals surface area contributed by atoms with Crippen LogP contribution in [0.5, 0.6) is 11.5 Å². The third kappa shape index (κ3) is 6.09. The summed E-state index contributed by atoms with van der Waals surface area (Å²) in [6.45, 7) is -0.272. The summed E-state index contributed by atoms with van der Waals surface area (Å²) in [5.74, 6) is 0.00869. The molecule has 2 aromatic carbocycles. The number of aromatic nitrogens is 1. The monoisotopic (exact) mass is 516 g/mol. The van der Waals surface area contributed by atoms with Crippen molar-refractivity contribution in [2.75, 3.05) is 37.6 Å². The molecule has 194 valence electrons. The molecule has 0 aliphatic carbocycles. The van der Waals surface area contributed by atoms with Crippen molar-refractivity contribution in [3.05, 3.63) is 66.2 Å². The smallest absolute Gasteiger partial charge is 0.496 e. The van der Waals surface area contributed by atoms with E-state index in [9.17, 15) is 22.8 Å². The Balaban J connectivity index is 1.60. The second-order valence-electron chi connectivity index (χ2n) is 7.98. The summed E-state index contributed by atoms with van der Waals surface area (Å²) in [5.41, 5.74) is 2.05. The van der Waals surface area contributed by atoms with Gasteiger partial charge >= 0.3 is 12.4 Å². The average molecular weight is 516 g/mol. The minimum Gasteiger partial charge on any atom is -0.496 e. The van der Waals surface area contributed by atoms with E-state index in [1.807, 2.05) is 18.2 Å². The number of halogens is 3. The molecule has 9 nitrogen and oxygen atoms in total. The fourth-order valence-corrected chi connectivity index (χ4v) is 3.85. The van der Waals surface area contributed by atoms with Gasteiger partial charge in [-0.2, -0.15) is 0 Å². The Morgan fingerprint density at radius 2 is 1.84 bits per heavy atom. The molecule has 1 atom stereocenters. The van der Waals surface area contributed by atoms with Gasteiger partial charge in [-0.05, 0) is 42.0 Å². The summed E-state index contributed by atoms with van der Waals surface area (Å²) in [7, 11) is 2.96. The van der Waals surface area contributed by atoms with Crippen molar-refractivity contribution in [3.8, 4) is 22.8 Å². The number of carbonyl (C=O) groups is 2. The number of nitrogens with zero attached hydrogens (tertiary/aromatic N) is 2. The van der Waals surface area contributed by atoms with E-state index in [4.69, 9.17) is 9.47 Å². The fourth-order valence-electron chi connectivity index (χ4n) is 3.85. The lowest BCUT2D eigenvalue weighted by Gasteiger charge is -2.30.